The lowest BCUT2D eigenvalue weighted by atomic mass is 10.3. The monoisotopic (exact) mass is 181 g/mol. The Bertz CT molecular complexity index is 174. The van der Waals surface area contributed by atoms with Gasteiger partial charge in [0.25, 0.3) is 0 Å². The van der Waals surface area contributed by atoms with Gasteiger partial charge in [0.05, 0.1) is 6.42 Å². The highest BCUT2D eigenvalue weighted by Crippen LogP contribution is 2.28. The van der Waals surface area contributed by atoms with Crippen LogP contribution in [0, 0.1) is 5.92 Å². The normalized spacial score (nSPS) is 17.6. The first-order valence-corrected chi connectivity index (χ1v) is 3.83. The third kappa shape index (κ3) is 3.59. The number of nitrogens with one attached hydrogen (secondary N) is 1. The van der Waals surface area contributed by atoms with Crippen LogP contribution in [-0.2, 0) is 4.79 Å². The highest BCUT2D eigenvalue weighted by atomic mass is 19.4. The zero-order valence-corrected chi connectivity index (χ0v) is 6.45. The largest absolute Gasteiger partial charge is 0.390 e. The molecule has 2 nitrogen and oxygen atoms in total. The lowest BCUT2D eigenvalue weighted by Crippen LogP contribution is -2.28. The van der Waals surface area contributed by atoms with Crippen LogP contribution in [0.15, 0.2) is 0 Å². The smallest absolute Gasteiger partial charge is 0.356 e. The second kappa shape index (κ2) is 3.33. The highest BCUT2D eigenvalue weighted by Gasteiger charge is 2.31. The summed E-state index contributed by atoms with van der Waals surface area (Å²) < 4.78 is 34.7. The molecule has 0 atom stereocenters. The first-order valence-electron chi connectivity index (χ1n) is 3.83. The summed E-state index contributed by atoms with van der Waals surface area (Å²) in [5.41, 5.74) is 0. The fraction of sp³-hybridized carbons (Fsp3) is 0.857. The molecule has 1 aliphatic carbocycles. The van der Waals surface area contributed by atoms with Gasteiger partial charge in [0.15, 0.2) is 0 Å². The molecule has 0 heterocycles. The molecule has 1 fully saturated rings. The van der Waals surface area contributed by atoms with Gasteiger partial charge in [-0.3, -0.25) is 4.79 Å². The number of hydrogen-bond donors (Lipinski definition) is 1. The minimum Gasteiger partial charge on any atom is -0.356 e. The van der Waals surface area contributed by atoms with Crippen LogP contribution in [0.1, 0.15) is 19.3 Å². The molecule has 0 bridgehead atoms. The predicted molar refractivity (Wildman–Crippen MR) is 36.4 cm³/mol. The Morgan fingerprint density at radius 3 is 2.42 bits per heavy atom. The number of carbonyl (C=O) groups is 1. The topological polar surface area (TPSA) is 29.1 Å². The van der Waals surface area contributed by atoms with Crippen molar-refractivity contribution in [3.63, 3.8) is 0 Å². The summed E-state index contributed by atoms with van der Waals surface area (Å²) >= 11 is 0. The third-order valence-electron chi connectivity index (χ3n) is 1.66. The zero-order valence-electron chi connectivity index (χ0n) is 6.45. The van der Waals surface area contributed by atoms with E-state index < -0.39 is 12.6 Å². The van der Waals surface area contributed by atoms with Crippen LogP contribution < -0.4 is 5.32 Å². The Labute approximate surface area is 68.1 Å². The molecule has 5 heteroatoms. The van der Waals surface area contributed by atoms with E-state index in [1.807, 2.05) is 0 Å². The van der Waals surface area contributed by atoms with Crippen LogP contribution in [0.25, 0.3) is 0 Å². The molecule has 0 aliphatic heterocycles. The summed E-state index contributed by atoms with van der Waals surface area (Å²) in [5, 5.41) is 2.24. The molecule has 0 radical (unpaired) electrons. The van der Waals surface area contributed by atoms with E-state index in [9.17, 15) is 18.0 Å². The van der Waals surface area contributed by atoms with E-state index in [0.29, 0.717) is 0 Å². The van der Waals surface area contributed by atoms with Crippen molar-refractivity contribution >= 4 is 5.91 Å². The van der Waals surface area contributed by atoms with Crippen molar-refractivity contribution in [2.45, 2.75) is 25.4 Å². The van der Waals surface area contributed by atoms with E-state index in [1.165, 1.54) is 0 Å². The van der Waals surface area contributed by atoms with Gasteiger partial charge in [-0.15, -0.1) is 0 Å². The predicted octanol–water partition coefficient (Wildman–Crippen LogP) is 1.47. The van der Waals surface area contributed by atoms with Crippen molar-refractivity contribution < 1.29 is 18.0 Å². The minimum absolute atomic E-state index is 0.0155. The van der Waals surface area contributed by atoms with Crippen LogP contribution in [0.5, 0.6) is 0 Å². The molecule has 0 aromatic rings. The first-order chi connectivity index (χ1) is 5.49. The van der Waals surface area contributed by atoms with Gasteiger partial charge < -0.3 is 5.32 Å². The third-order valence-corrected chi connectivity index (χ3v) is 1.66. The summed E-state index contributed by atoms with van der Waals surface area (Å²) in [7, 11) is 0. The molecule has 0 spiro atoms. The Kier molecular flexibility index (Phi) is 2.59. The van der Waals surface area contributed by atoms with Gasteiger partial charge in [-0.05, 0) is 12.8 Å². The van der Waals surface area contributed by atoms with Gasteiger partial charge in [-0.1, -0.05) is 0 Å². The lowest BCUT2D eigenvalue weighted by Gasteiger charge is -2.06. The van der Waals surface area contributed by atoms with Gasteiger partial charge in [0.1, 0.15) is 0 Å². The van der Waals surface area contributed by atoms with E-state index in [0.717, 1.165) is 12.8 Å². The average Bonchev–Trinajstić information content (AvgIpc) is 2.64. The zero-order chi connectivity index (χ0) is 9.19. The van der Waals surface area contributed by atoms with E-state index in [-0.39, 0.29) is 18.4 Å². The summed E-state index contributed by atoms with van der Waals surface area (Å²) in [5.74, 6) is -0.252. The standard InChI is InChI=1S/C7H10F3NO/c8-7(9,10)3-4-11-6(12)5-1-2-5/h5H,1-4H2,(H,11,12). The van der Waals surface area contributed by atoms with Crippen molar-refractivity contribution in [2.75, 3.05) is 6.54 Å². The molecule has 70 valence electrons. The SMILES string of the molecule is O=C(NCCC(F)(F)F)C1CC1. The van der Waals surface area contributed by atoms with E-state index in [2.05, 4.69) is 5.32 Å². The maximum Gasteiger partial charge on any atom is 0.390 e. The molecule has 1 rings (SSSR count). The molecule has 1 N–H and O–H groups in total. The number of hydrogen-bond acceptors (Lipinski definition) is 1. The van der Waals surface area contributed by atoms with Gasteiger partial charge in [0, 0.05) is 12.5 Å². The fourth-order valence-corrected chi connectivity index (χ4v) is 0.817. The van der Waals surface area contributed by atoms with Gasteiger partial charge >= 0.3 is 6.18 Å². The maximum absolute atomic E-state index is 11.6. The van der Waals surface area contributed by atoms with Crippen molar-refractivity contribution in [3.8, 4) is 0 Å². The quantitative estimate of drug-likeness (QED) is 0.701. The second-order valence-corrected chi connectivity index (χ2v) is 2.93. The van der Waals surface area contributed by atoms with Crippen molar-refractivity contribution in [3.05, 3.63) is 0 Å². The Morgan fingerprint density at radius 2 is 2.00 bits per heavy atom. The maximum atomic E-state index is 11.6. The molecule has 0 saturated heterocycles. The van der Waals surface area contributed by atoms with Crippen molar-refractivity contribution in [1.29, 1.82) is 0 Å². The van der Waals surface area contributed by atoms with Gasteiger partial charge in [0.2, 0.25) is 5.91 Å². The summed E-state index contributed by atoms with van der Waals surface area (Å²) in [6, 6.07) is 0. The highest BCUT2D eigenvalue weighted by molar-refractivity contribution is 5.80. The average molecular weight is 181 g/mol. The van der Waals surface area contributed by atoms with Crippen molar-refractivity contribution in [2.24, 2.45) is 5.92 Å². The summed E-state index contributed by atoms with van der Waals surface area (Å²) in [6.45, 7) is -0.293. The molecule has 0 aromatic carbocycles. The molecular weight excluding hydrogens is 171 g/mol. The number of carbonyl (C=O) groups excluding carboxylic acids is 1. The number of rotatable bonds is 3. The lowest BCUT2D eigenvalue weighted by molar-refractivity contribution is -0.135. The van der Waals surface area contributed by atoms with Gasteiger partial charge in [-0.25, -0.2) is 0 Å². The number of halogens is 3. The Hall–Kier alpha value is -0.740. The van der Waals surface area contributed by atoms with E-state index in [4.69, 9.17) is 0 Å². The van der Waals surface area contributed by atoms with E-state index in [1.54, 1.807) is 0 Å². The second-order valence-electron chi connectivity index (χ2n) is 2.93. The number of alkyl halides is 3. The fourth-order valence-electron chi connectivity index (χ4n) is 0.817. The molecule has 1 amide bonds. The van der Waals surface area contributed by atoms with Crippen LogP contribution in [0.2, 0.25) is 0 Å². The van der Waals surface area contributed by atoms with E-state index >= 15 is 0 Å². The first kappa shape index (κ1) is 9.35. The summed E-state index contributed by atoms with van der Waals surface area (Å²) in [4.78, 5) is 10.8. The van der Waals surface area contributed by atoms with Crippen LogP contribution in [0.4, 0.5) is 13.2 Å². The van der Waals surface area contributed by atoms with Gasteiger partial charge in [-0.2, -0.15) is 13.2 Å². The molecule has 1 aliphatic rings. The molecule has 1 saturated carbocycles. The molecule has 12 heavy (non-hydrogen) atoms. The number of amides is 1. The molecule has 0 unspecified atom stereocenters. The van der Waals surface area contributed by atoms with Crippen LogP contribution in [0.3, 0.4) is 0 Å². The van der Waals surface area contributed by atoms with Crippen molar-refractivity contribution in [1.82, 2.24) is 5.32 Å². The Morgan fingerprint density at radius 1 is 1.42 bits per heavy atom. The molecular formula is C7H10F3NO. The Balaban J connectivity index is 2.05. The minimum atomic E-state index is -4.17. The van der Waals surface area contributed by atoms with Crippen LogP contribution >= 0.6 is 0 Å². The summed E-state index contributed by atoms with van der Waals surface area (Å²) in [6.07, 6.45) is -3.47. The molecule has 0 aromatic heterocycles. The van der Waals surface area contributed by atoms with Crippen LogP contribution in [-0.4, -0.2) is 18.6 Å².